The summed E-state index contributed by atoms with van der Waals surface area (Å²) >= 11 is 1.58. The van der Waals surface area contributed by atoms with Crippen LogP contribution < -0.4 is 5.32 Å². The van der Waals surface area contributed by atoms with Crippen LogP contribution in [0.25, 0.3) is 0 Å². The van der Waals surface area contributed by atoms with Crippen LogP contribution in [0.3, 0.4) is 0 Å². The molecule has 0 radical (unpaired) electrons. The van der Waals surface area contributed by atoms with E-state index in [1.165, 1.54) is 32.1 Å². The molecule has 0 aliphatic heterocycles. The fraction of sp³-hybridized carbons (Fsp3) is 0.381. The number of esters is 1. The number of anilines is 1. The van der Waals surface area contributed by atoms with Crippen molar-refractivity contribution in [2.75, 3.05) is 12.4 Å². The zero-order valence-corrected chi connectivity index (χ0v) is 15.8. The predicted molar refractivity (Wildman–Crippen MR) is 103 cm³/mol. The number of carbonyl (C=O) groups excluding carboxylic acids is 2. The molecule has 138 valence electrons. The van der Waals surface area contributed by atoms with E-state index in [2.05, 4.69) is 32.3 Å². The summed E-state index contributed by atoms with van der Waals surface area (Å²) in [6.45, 7) is 0. The lowest BCUT2D eigenvalue weighted by Crippen LogP contribution is -2.17. The van der Waals surface area contributed by atoms with Crippen molar-refractivity contribution in [1.82, 2.24) is 4.98 Å². The van der Waals surface area contributed by atoms with Gasteiger partial charge in [0.25, 0.3) is 0 Å². The number of ether oxygens (including phenoxy) is 1. The van der Waals surface area contributed by atoms with Crippen LogP contribution in [0.2, 0.25) is 0 Å². The maximum absolute atomic E-state index is 12.2. The predicted octanol–water partition coefficient (Wildman–Crippen LogP) is 3.56. The highest BCUT2D eigenvalue weighted by molar-refractivity contribution is 7.10. The molecule has 2 aromatic rings. The molecule has 2 fully saturated rings. The molecule has 0 bridgehead atoms. The summed E-state index contributed by atoms with van der Waals surface area (Å²) in [6, 6.07) is 7.40. The van der Waals surface area contributed by atoms with Crippen LogP contribution in [0.5, 0.6) is 0 Å². The van der Waals surface area contributed by atoms with E-state index in [1.807, 2.05) is 24.3 Å². The molecule has 0 saturated heterocycles. The standard InChI is InChI=1S/C21H20N2O3S/c1-26-21(25)17-11-16(17)20(24)22-15-7-2-4-13(10-15)8-9-19-23-18(12-27-19)14-5-3-6-14/h2,4,7,10,12,14,16-17H,3,5-6,11H2,1H3,(H,22,24). The summed E-state index contributed by atoms with van der Waals surface area (Å²) in [5.41, 5.74) is 2.66. The molecule has 2 aliphatic rings. The van der Waals surface area contributed by atoms with Crippen LogP contribution in [-0.2, 0) is 14.3 Å². The average molecular weight is 380 g/mol. The van der Waals surface area contributed by atoms with Crippen LogP contribution in [0.1, 0.15) is 47.9 Å². The second kappa shape index (κ2) is 7.53. The number of benzene rings is 1. The Balaban J connectivity index is 1.39. The molecule has 1 amide bonds. The van der Waals surface area contributed by atoms with Gasteiger partial charge >= 0.3 is 5.97 Å². The Morgan fingerprint density at radius 3 is 2.85 bits per heavy atom. The molecule has 27 heavy (non-hydrogen) atoms. The van der Waals surface area contributed by atoms with Gasteiger partial charge in [-0.1, -0.05) is 18.4 Å². The van der Waals surface area contributed by atoms with Crippen LogP contribution in [0.15, 0.2) is 29.6 Å². The van der Waals surface area contributed by atoms with Gasteiger partial charge in [0.15, 0.2) is 5.01 Å². The molecule has 2 atom stereocenters. The molecule has 1 aromatic heterocycles. The van der Waals surface area contributed by atoms with Gasteiger partial charge in [0, 0.05) is 22.5 Å². The Hall–Kier alpha value is -2.65. The lowest BCUT2D eigenvalue weighted by atomic mass is 9.83. The van der Waals surface area contributed by atoms with E-state index < -0.39 is 0 Å². The first kappa shape index (κ1) is 17.7. The number of hydrogen-bond acceptors (Lipinski definition) is 5. The summed E-state index contributed by atoms with van der Waals surface area (Å²) in [5.74, 6) is 5.76. The minimum Gasteiger partial charge on any atom is -0.469 e. The molecule has 4 rings (SSSR count). The van der Waals surface area contributed by atoms with Crippen molar-refractivity contribution in [3.05, 3.63) is 45.9 Å². The monoisotopic (exact) mass is 380 g/mol. The van der Waals surface area contributed by atoms with E-state index in [9.17, 15) is 9.59 Å². The van der Waals surface area contributed by atoms with Gasteiger partial charge in [0.05, 0.1) is 24.6 Å². The van der Waals surface area contributed by atoms with E-state index >= 15 is 0 Å². The number of thiazole rings is 1. The molecular weight excluding hydrogens is 360 g/mol. The van der Waals surface area contributed by atoms with Gasteiger partial charge in [0.2, 0.25) is 5.91 Å². The second-order valence-electron chi connectivity index (χ2n) is 7.00. The number of rotatable bonds is 4. The number of hydrogen-bond donors (Lipinski definition) is 1. The van der Waals surface area contributed by atoms with Crippen molar-refractivity contribution in [2.45, 2.75) is 31.6 Å². The van der Waals surface area contributed by atoms with Gasteiger partial charge in [-0.15, -0.1) is 11.3 Å². The Bertz CT molecular complexity index is 936. The molecule has 1 N–H and O–H groups in total. The second-order valence-corrected chi connectivity index (χ2v) is 7.86. The average Bonchev–Trinajstić information content (AvgIpc) is 3.31. The number of methoxy groups -OCH3 is 1. The Morgan fingerprint density at radius 1 is 1.26 bits per heavy atom. The summed E-state index contributed by atoms with van der Waals surface area (Å²) in [4.78, 5) is 28.3. The van der Waals surface area contributed by atoms with Gasteiger partial charge in [-0.05, 0) is 43.4 Å². The first-order valence-corrected chi connectivity index (χ1v) is 9.98. The maximum atomic E-state index is 12.2. The largest absolute Gasteiger partial charge is 0.469 e. The lowest BCUT2D eigenvalue weighted by molar-refractivity contribution is -0.143. The van der Waals surface area contributed by atoms with Gasteiger partial charge in [-0.25, -0.2) is 4.98 Å². The van der Waals surface area contributed by atoms with Crippen LogP contribution in [0, 0.1) is 23.7 Å². The third-order valence-corrected chi connectivity index (χ3v) is 5.90. The summed E-state index contributed by atoms with van der Waals surface area (Å²) < 4.78 is 4.68. The number of amides is 1. The van der Waals surface area contributed by atoms with Crippen molar-refractivity contribution in [3.63, 3.8) is 0 Å². The zero-order chi connectivity index (χ0) is 18.8. The molecule has 5 nitrogen and oxygen atoms in total. The third-order valence-electron chi connectivity index (χ3n) is 5.12. The van der Waals surface area contributed by atoms with Gasteiger partial charge in [-0.2, -0.15) is 0 Å². The van der Waals surface area contributed by atoms with Crippen molar-refractivity contribution < 1.29 is 14.3 Å². The Labute approximate surface area is 162 Å². The van der Waals surface area contributed by atoms with Gasteiger partial charge < -0.3 is 10.1 Å². The summed E-state index contributed by atoms with van der Waals surface area (Å²) in [7, 11) is 1.34. The van der Waals surface area contributed by atoms with E-state index in [4.69, 9.17) is 0 Å². The topological polar surface area (TPSA) is 68.3 Å². The molecule has 1 heterocycles. The fourth-order valence-electron chi connectivity index (χ4n) is 3.17. The van der Waals surface area contributed by atoms with Crippen LogP contribution in [0.4, 0.5) is 5.69 Å². The molecule has 2 unspecified atom stereocenters. The maximum Gasteiger partial charge on any atom is 0.309 e. The van der Waals surface area contributed by atoms with Crippen molar-refractivity contribution in [3.8, 4) is 11.8 Å². The molecule has 1 aromatic carbocycles. The van der Waals surface area contributed by atoms with E-state index in [-0.39, 0.29) is 23.7 Å². The first-order chi connectivity index (χ1) is 13.1. The Kier molecular flexibility index (Phi) is 4.95. The zero-order valence-electron chi connectivity index (χ0n) is 15.0. The van der Waals surface area contributed by atoms with Gasteiger partial charge in [0.1, 0.15) is 0 Å². The highest BCUT2D eigenvalue weighted by atomic mass is 32.1. The molecular formula is C21H20N2O3S. The summed E-state index contributed by atoms with van der Waals surface area (Å²) in [5, 5.41) is 5.79. The van der Waals surface area contributed by atoms with Crippen LogP contribution >= 0.6 is 11.3 Å². The quantitative estimate of drug-likeness (QED) is 0.651. The minimum atomic E-state index is -0.320. The van der Waals surface area contributed by atoms with Crippen molar-refractivity contribution in [1.29, 1.82) is 0 Å². The molecule has 2 saturated carbocycles. The van der Waals surface area contributed by atoms with Crippen molar-refractivity contribution in [2.24, 2.45) is 11.8 Å². The number of carbonyl (C=O) groups is 2. The number of aromatic nitrogens is 1. The highest BCUT2D eigenvalue weighted by Gasteiger charge is 2.48. The normalized spacial score (nSPS) is 20.8. The number of nitrogens with one attached hydrogen (secondary N) is 1. The summed E-state index contributed by atoms with van der Waals surface area (Å²) in [6.07, 6.45) is 4.31. The first-order valence-electron chi connectivity index (χ1n) is 9.10. The highest BCUT2D eigenvalue weighted by Crippen LogP contribution is 2.40. The fourth-order valence-corrected chi connectivity index (χ4v) is 3.91. The Morgan fingerprint density at radius 2 is 2.11 bits per heavy atom. The van der Waals surface area contributed by atoms with E-state index in [0.717, 1.165) is 10.6 Å². The molecule has 0 spiro atoms. The third kappa shape index (κ3) is 4.04. The lowest BCUT2D eigenvalue weighted by Gasteiger charge is -2.22. The van der Waals surface area contributed by atoms with E-state index in [1.54, 1.807) is 11.3 Å². The van der Waals surface area contributed by atoms with Crippen molar-refractivity contribution >= 4 is 28.9 Å². The smallest absolute Gasteiger partial charge is 0.309 e. The van der Waals surface area contributed by atoms with Gasteiger partial charge in [-0.3, -0.25) is 9.59 Å². The van der Waals surface area contributed by atoms with E-state index in [0.29, 0.717) is 18.0 Å². The van der Waals surface area contributed by atoms with Crippen LogP contribution in [-0.4, -0.2) is 24.0 Å². The SMILES string of the molecule is COC(=O)C1CC1C(=O)Nc1cccc(C#Cc2nc(C3CCC3)cs2)c1. The molecule has 2 aliphatic carbocycles. The minimum absolute atomic E-state index is 0.152. The molecule has 6 heteroatoms. The number of nitrogens with zero attached hydrogens (tertiary/aromatic N) is 1.